The Labute approximate surface area is 126 Å². The van der Waals surface area contributed by atoms with Crippen molar-refractivity contribution < 1.29 is 19.6 Å². The minimum absolute atomic E-state index is 0.0572. The number of carboxylic acids is 1. The van der Waals surface area contributed by atoms with Crippen molar-refractivity contribution >= 4 is 29.2 Å². The normalized spacial score (nSPS) is 11.8. The Hall–Kier alpha value is -2.15. The van der Waals surface area contributed by atoms with E-state index in [0.29, 0.717) is 6.54 Å². The number of nitro groups is 1. The molecule has 0 aliphatic rings. The van der Waals surface area contributed by atoms with E-state index in [9.17, 15) is 19.7 Å². The highest BCUT2D eigenvalue weighted by Gasteiger charge is 2.24. The van der Waals surface area contributed by atoms with Gasteiger partial charge in [0.2, 0.25) is 0 Å². The van der Waals surface area contributed by atoms with Gasteiger partial charge >= 0.3 is 5.97 Å². The van der Waals surface area contributed by atoms with Gasteiger partial charge in [-0.1, -0.05) is 11.6 Å². The molecule has 21 heavy (non-hydrogen) atoms. The van der Waals surface area contributed by atoms with Crippen LogP contribution in [0.5, 0.6) is 0 Å². The van der Waals surface area contributed by atoms with E-state index < -0.39 is 22.8 Å². The van der Waals surface area contributed by atoms with Crippen molar-refractivity contribution in [3.05, 3.63) is 38.9 Å². The van der Waals surface area contributed by atoms with E-state index >= 15 is 0 Å². The fraction of sp³-hybridized carbons (Fsp3) is 0.385. The summed E-state index contributed by atoms with van der Waals surface area (Å²) in [5.74, 6) is -1.48. The maximum atomic E-state index is 12.4. The van der Waals surface area contributed by atoms with E-state index in [0.717, 1.165) is 6.07 Å². The second kappa shape index (κ2) is 7.03. The molecular formula is C13H15ClN2O5. The highest BCUT2D eigenvalue weighted by Crippen LogP contribution is 2.26. The molecule has 1 amide bonds. The number of benzene rings is 1. The minimum atomic E-state index is -1.02. The molecule has 0 aliphatic heterocycles. The molecule has 1 aromatic rings. The Bertz CT molecular complexity index is 576. The van der Waals surface area contributed by atoms with Crippen LogP contribution in [0.4, 0.5) is 5.69 Å². The molecular weight excluding hydrogens is 300 g/mol. The number of aliphatic carboxylic acids is 1. The second-order valence-corrected chi connectivity index (χ2v) is 4.87. The van der Waals surface area contributed by atoms with Crippen molar-refractivity contribution in [3.63, 3.8) is 0 Å². The van der Waals surface area contributed by atoms with E-state index in [1.807, 2.05) is 0 Å². The monoisotopic (exact) mass is 314 g/mol. The Balaban J connectivity index is 3.08. The number of hydrogen-bond donors (Lipinski definition) is 1. The van der Waals surface area contributed by atoms with Gasteiger partial charge in [-0.25, -0.2) is 0 Å². The lowest BCUT2D eigenvalue weighted by Crippen LogP contribution is -2.39. The summed E-state index contributed by atoms with van der Waals surface area (Å²) in [5.41, 5.74) is -0.255. The van der Waals surface area contributed by atoms with Crippen LogP contribution in [0.25, 0.3) is 0 Å². The SMILES string of the molecule is CCN(C(=O)c1ccc(Cl)c([N+](=O)[O-])c1)C(C)CC(=O)O. The number of nitrogens with zero attached hydrogens (tertiary/aromatic N) is 2. The van der Waals surface area contributed by atoms with E-state index in [4.69, 9.17) is 16.7 Å². The molecule has 0 bridgehead atoms. The maximum Gasteiger partial charge on any atom is 0.305 e. The van der Waals surface area contributed by atoms with Crippen LogP contribution in [0.1, 0.15) is 30.6 Å². The van der Waals surface area contributed by atoms with Crippen molar-refractivity contribution in [1.82, 2.24) is 4.90 Å². The zero-order valence-corrected chi connectivity index (χ0v) is 12.3. The third kappa shape index (κ3) is 4.16. The number of nitro benzene ring substituents is 1. The predicted octanol–water partition coefficient (Wildman–Crippen LogP) is 2.57. The van der Waals surface area contributed by atoms with Crippen molar-refractivity contribution in [3.8, 4) is 0 Å². The lowest BCUT2D eigenvalue weighted by atomic mass is 10.1. The number of amides is 1. The van der Waals surface area contributed by atoms with E-state index in [-0.39, 0.29) is 22.7 Å². The summed E-state index contributed by atoms with van der Waals surface area (Å²) < 4.78 is 0. The third-order valence-corrected chi connectivity index (χ3v) is 3.31. The topological polar surface area (TPSA) is 101 Å². The molecule has 0 saturated heterocycles. The van der Waals surface area contributed by atoms with E-state index in [1.165, 1.54) is 17.0 Å². The quantitative estimate of drug-likeness (QED) is 0.642. The summed E-state index contributed by atoms with van der Waals surface area (Å²) in [5, 5.41) is 19.6. The van der Waals surface area contributed by atoms with Gasteiger partial charge in [0.1, 0.15) is 5.02 Å². The highest BCUT2D eigenvalue weighted by molar-refractivity contribution is 6.32. The number of carbonyl (C=O) groups excluding carboxylic acids is 1. The molecule has 114 valence electrons. The molecule has 0 aromatic heterocycles. The fourth-order valence-corrected chi connectivity index (χ4v) is 2.16. The van der Waals surface area contributed by atoms with E-state index in [2.05, 4.69) is 0 Å². The molecule has 1 aromatic carbocycles. The molecule has 0 spiro atoms. The molecule has 1 rings (SSSR count). The van der Waals surface area contributed by atoms with Crippen molar-refractivity contribution in [1.29, 1.82) is 0 Å². The summed E-state index contributed by atoms with van der Waals surface area (Å²) in [6.07, 6.45) is -0.199. The number of hydrogen-bond acceptors (Lipinski definition) is 4. The first kappa shape index (κ1) is 16.9. The molecule has 0 radical (unpaired) electrons. The lowest BCUT2D eigenvalue weighted by Gasteiger charge is -2.27. The van der Waals surface area contributed by atoms with E-state index in [1.54, 1.807) is 13.8 Å². The summed E-state index contributed by atoms with van der Waals surface area (Å²) in [6, 6.07) is 3.24. The fourth-order valence-electron chi connectivity index (χ4n) is 1.97. The van der Waals surface area contributed by atoms with Crippen LogP contribution < -0.4 is 0 Å². The molecule has 0 fully saturated rings. The first-order valence-electron chi connectivity index (χ1n) is 6.24. The molecule has 1 unspecified atom stereocenters. The van der Waals surface area contributed by atoms with Gasteiger partial charge in [-0.3, -0.25) is 19.7 Å². The number of rotatable bonds is 6. The molecule has 8 heteroatoms. The third-order valence-electron chi connectivity index (χ3n) is 2.99. The Morgan fingerprint density at radius 3 is 2.57 bits per heavy atom. The number of halogens is 1. The minimum Gasteiger partial charge on any atom is -0.481 e. The van der Waals surface area contributed by atoms with Gasteiger partial charge in [0.05, 0.1) is 11.3 Å². The van der Waals surface area contributed by atoms with Crippen LogP contribution in [0, 0.1) is 10.1 Å². The zero-order valence-electron chi connectivity index (χ0n) is 11.6. The van der Waals surface area contributed by atoms with Crippen LogP contribution in [0.2, 0.25) is 5.02 Å². The second-order valence-electron chi connectivity index (χ2n) is 4.46. The van der Waals surface area contributed by atoms with Gasteiger partial charge in [-0.15, -0.1) is 0 Å². The van der Waals surface area contributed by atoms with Gasteiger partial charge in [-0.05, 0) is 26.0 Å². The largest absolute Gasteiger partial charge is 0.481 e. The zero-order chi connectivity index (χ0) is 16.2. The number of carbonyl (C=O) groups is 2. The molecule has 0 aliphatic carbocycles. The van der Waals surface area contributed by atoms with Crippen LogP contribution >= 0.6 is 11.6 Å². The van der Waals surface area contributed by atoms with Crippen molar-refractivity contribution in [2.45, 2.75) is 26.3 Å². The number of carboxylic acid groups (broad SMARTS) is 1. The summed E-state index contributed by atoms with van der Waals surface area (Å²) >= 11 is 5.70. The molecule has 7 nitrogen and oxygen atoms in total. The molecule has 1 atom stereocenters. The average molecular weight is 315 g/mol. The average Bonchev–Trinajstić information content (AvgIpc) is 2.38. The van der Waals surface area contributed by atoms with Gasteiger partial charge in [-0.2, -0.15) is 0 Å². The summed E-state index contributed by atoms with van der Waals surface area (Å²) in [7, 11) is 0. The van der Waals surface area contributed by atoms with Gasteiger partial charge in [0, 0.05) is 24.2 Å². The van der Waals surface area contributed by atoms with Crippen LogP contribution in [-0.4, -0.2) is 39.4 Å². The molecule has 0 saturated carbocycles. The summed E-state index contributed by atoms with van der Waals surface area (Å²) in [4.78, 5) is 34.6. The summed E-state index contributed by atoms with van der Waals surface area (Å²) in [6.45, 7) is 3.62. The van der Waals surface area contributed by atoms with Gasteiger partial charge in [0.15, 0.2) is 0 Å². The smallest absolute Gasteiger partial charge is 0.305 e. The van der Waals surface area contributed by atoms with Crippen LogP contribution in [-0.2, 0) is 4.79 Å². The lowest BCUT2D eigenvalue weighted by molar-refractivity contribution is -0.384. The molecule has 0 heterocycles. The Morgan fingerprint density at radius 1 is 1.48 bits per heavy atom. The predicted molar refractivity (Wildman–Crippen MR) is 76.5 cm³/mol. The van der Waals surface area contributed by atoms with Crippen LogP contribution in [0.15, 0.2) is 18.2 Å². The van der Waals surface area contributed by atoms with Crippen molar-refractivity contribution in [2.75, 3.05) is 6.54 Å². The highest BCUT2D eigenvalue weighted by atomic mass is 35.5. The van der Waals surface area contributed by atoms with Gasteiger partial charge in [0.25, 0.3) is 11.6 Å². The van der Waals surface area contributed by atoms with Crippen LogP contribution in [0.3, 0.4) is 0 Å². The van der Waals surface area contributed by atoms with Crippen molar-refractivity contribution in [2.24, 2.45) is 0 Å². The first-order valence-corrected chi connectivity index (χ1v) is 6.62. The first-order chi connectivity index (χ1) is 9.77. The van der Waals surface area contributed by atoms with Gasteiger partial charge < -0.3 is 10.0 Å². The molecule has 1 N–H and O–H groups in total. The Kier molecular flexibility index (Phi) is 5.66. The standard InChI is InChI=1S/C13H15ClN2O5/c1-3-15(8(2)6-12(17)18)13(19)9-4-5-10(14)11(7-9)16(20)21/h4-5,7-8H,3,6H2,1-2H3,(H,17,18). The maximum absolute atomic E-state index is 12.4. The Morgan fingerprint density at radius 2 is 2.10 bits per heavy atom.